The van der Waals surface area contributed by atoms with Gasteiger partial charge >= 0.3 is 0 Å². The van der Waals surface area contributed by atoms with E-state index in [-0.39, 0.29) is 0 Å². The number of hydrogen-bond donors (Lipinski definition) is 2. The quantitative estimate of drug-likeness (QED) is 0.698. The van der Waals surface area contributed by atoms with Gasteiger partial charge in [-0.3, -0.25) is 9.78 Å². The second kappa shape index (κ2) is 7.41. The molecule has 1 saturated carbocycles. The molecule has 1 aliphatic carbocycles. The van der Waals surface area contributed by atoms with Crippen molar-refractivity contribution in [2.75, 3.05) is 19.5 Å². The van der Waals surface area contributed by atoms with Crippen molar-refractivity contribution in [3.63, 3.8) is 0 Å². The molecule has 1 heterocycles. The average Bonchev–Trinajstić information content (AvgIpc) is 3.21. The van der Waals surface area contributed by atoms with E-state index < -0.39 is 23.2 Å². The molecule has 1 aliphatic rings. The summed E-state index contributed by atoms with van der Waals surface area (Å²) in [5.41, 5.74) is 1.07. The number of anilines is 2. The van der Waals surface area contributed by atoms with Crippen LogP contribution in [0.15, 0.2) is 37.0 Å². The summed E-state index contributed by atoms with van der Waals surface area (Å²) in [5, 5.41) is 14.9. The Kier molecular flexibility index (Phi) is 5.25. The molecular weight excluding hydrogens is 390 g/mol. The van der Waals surface area contributed by atoms with Gasteiger partial charge in [0.15, 0.2) is 0 Å². The van der Waals surface area contributed by atoms with Crippen molar-refractivity contribution >= 4 is 23.0 Å². The number of rotatable bonds is 6. The molecule has 0 bridgehead atoms. The predicted octanol–water partition coefficient (Wildman–Crippen LogP) is 4.11. The normalized spacial score (nSPS) is 21.3. The largest absolute Gasteiger partial charge is 0.497 e. The highest BCUT2D eigenvalue weighted by Gasteiger charge is 2.82. The maximum atomic E-state index is 14.4. The maximum absolute atomic E-state index is 14.4. The number of nitrogens with zero attached hydrogens (tertiary/aromatic N) is 2. The summed E-state index contributed by atoms with van der Waals surface area (Å²) in [5.74, 6) is -4.69. The topological polar surface area (TPSA) is 87.0 Å². The SMILES string of the molecule is C=C(OC)c1c(Nc2ccc(C3C(F)(F)C3(C)C(=O)NC)cc2)cnc(C)c1C#N. The molecule has 3 rings (SSSR count). The number of aryl methyl sites for hydroxylation is 1. The first-order valence-corrected chi connectivity index (χ1v) is 9.23. The summed E-state index contributed by atoms with van der Waals surface area (Å²) in [6, 6.07) is 8.51. The lowest BCUT2D eigenvalue weighted by Gasteiger charge is -2.16. The van der Waals surface area contributed by atoms with E-state index in [4.69, 9.17) is 4.74 Å². The van der Waals surface area contributed by atoms with E-state index in [9.17, 15) is 18.8 Å². The summed E-state index contributed by atoms with van der Waals surface area (Å²) in [6.07, 6.45) is 1.56. The van der Waals surface area contributed by atoms with E-state index in [1.165, 1.54) is 21.1 Å². The van der Waals surface area contributed by atoms with Crippen LogP contribution in [0.5, 0.6) is 0 Å². The van der Waals surface area contributed by atoms with Crippen LogP contribution in [-0.2, 0) is 9.53 Å². The number of aromatic nitrogens is 1. The van der Waals surface area contributed by atoms with E-state index in [1.54, 1.807) is 37.4 Å². The van der Waals surface area contributed by atoms with Gasteiger partial charge < -0.3 is 15.4 Å². The lowest BCUT2D eigenvalue weighted by molar-refractivity contribution is -0.128. The Bertz CT molecular complexity index is 1060. The number of hydrogen-bond acceptors (Lipinski definition) is 5. The summed E-state index contributed by atoms with van der Waals surface area (Å²) < 4.78 is 34.0. The molecule has 2 N–H and O–H groups in total. The molecule has 6 nitrogen and oxygen atoms in total. The van der Waals surface area contributed by atoms with Crippen molar-refractivity contribution in [2.24, 2.45) is 5.41 Å². The smallest absolute Gasteiger partial charge is 0.270 e. The first-order valence-electron chi connectivity index (χ1n) is 9.23. The van der Waals surface area contributed by atoms with Crippen LogP contribution < -0.4 is 10.6 Å². The Morgan fingerprint density at radius 3 is 2.50 bits per heavy atom. The molecule has 1 aromatic carbocycles. The zero-order valence-corrected chi connectivity index (χ0v) is 17.1. The molecule has 1 fully saturated rings. The Labute approximate surface area is 173 Å². The first-order chi connectivity index (χ1) is 14.1. The van der Waals surface area contributed by atoms with E-state index in [0.29, 0.717) is 39.5 Å². The highest BCUT2D eigenvalue weighted by Crippen LogP contribution is 2.71. The molecule has 0 spiro atoms. The lowest BCUT2D eigenvalue weighted by Crippen LogP contribution is -2.31. The van der Waals surface area contributed by atoms with Gasteiger partial charge in [0, 0.05) is 12.7 Å². The molecule has 8 heteroatoms. The predicted molar refractivity (Wildman–Crippen MR) is 109 cm³/mol. The molecule has 1 amide bonds. The summed E-state index contributed by atoms with van der Waals surface area (Å²) in [4.78, 5) is 16.2. The fourth-order valence-corrected chi connectivity index (χ4v) is 3.76. The number of amides is 1. The van der Waals surface area contributed by atoms with Crippen LogP contribution in [0.4, 0.5) is 20.2 Å². The zero-order chi connectivity index (χ0) is 22.3. The Hall–Kier alpha value is -3.47. The number of ether oxygens (including phenoxy) is 1. The van der Waals surface area contributed by atoms with Crippen LogP contribution in [0, 0.1) is 23.7 Å². The minimum Gasteiger partial charge on any atom is -0.497 e. The second-order valence-corrected chi connectivity index (χ2v) is 7.33. The van der Waals surface area contributed by atoms with Gasteiger partial charge in [-0.15, -0.1) is 0 Å². The van der Waals surface area contributed by atoms with Gasteiger partial charge in [0.1, 0.15) is 17.2 Å². The van der Waals surface area contributed by atoms with Gasteiger partial charge in [0.25, 0.3) is 5.92 Å². The minimum absolute atomic E-state index is 0.301. The van der Waals surface area contributed by atoms with E-state index in [2.05, 4.69) is 28.3 Å². The van der Waals surface area contributed by atoms with Crippen molar-refractivity contribution < 1.29 is 18.3 Å². The van der Waals surface area contributed by atoms with Crippen LogP contribution in [0.25, 0.3) is 5.76 Å². The van der Waals surface area contributed by atoms with Crippen molar-refractivity contribution in [3.05, 3.63) is 59.4 Å². The summed E-state index contributed by atoms with van der Waals surface area (Å²) in [7, 11) is 2.81. The van der Waals surface area contributed by atoms with Crippen molar-refractivity contribution in [2.45, 2.75) is 25.7 Å². The van der Waals surface area contributed by atoms with Crippen molar-refractivity contribution in [3.8, 4) is 6.07 Å². The molecular formula is C22H22F2N4O2. The number of halogens is 2. The third-order valence-corrected chi connectivity index (χ3v) is 5.68. The van der Waals surface area contributed by atoms with Gasteiger partial charge in [-0.05, 0) is 31.5 Å². The van der Waals surface area contributed by atoms with E-state index >= 15 is 0 Å². The third kappa shape index (κ3) is 3.07. The second-order valence-electron chi connectivity index (χ2n) is 7.33. The number of nitrogens with one attached hydrogen (secondary N) is 2. The fraction of sp³-hybridized carbons (Fsp3) is 0.318. The molecule has 2 unspecified atom stereocenters. The van der Waals surface area contributed by atoms with Crippen LogP contribution in [0.3, 0.4) is 0 Å². The lowest BCUT2D eigenvalue weighted by atomic mass is 10.00. The fourth-order valence-electron chi connectivity index (χ4n) is 3.76. The first kappa shape index (κ1) is 21.2. The van der Waals surface area contributed by atoms with E-state index in [1.807, 2.05) is 0 Å². The average molecular weight is 412 g/mol. The maximum Gasteiger partial charge on any atom is 0.270 e. The van der Waals surface area contributed by atoms with E-state index in [0.717, 1.165) is 0 Å². The van der Waals surface area contributed by atoms with Crippen molar-refractivity contribution in [1.82, 2.24) is 10.3 Å². The number of nitriles is 1. The molecule has 156 valence electrons. The molecule has 1 aromatic heterocycles. The highest BCUT2D eigenvalue weighted by molar-refractivity contribution is 5.89. The molecule has 2 aromatic rings. The van der Waals surface area contributed by atoms with Crippen LogP contribution in [-0.4, -0.2) is 31.0 Å². The number of alkyl halides is 2. The molecule has 0 aliphatic heterocycles. The molecule has 30 heavy (non-hydrogen) atoms. The number of pyridine rings is 1. The van der Waals surface area contributed by atoms with Gasteiger partial charge in [-0.25, -0.2) is 8.78 Å². The number of methoxy groups -OCH3 is 1. The Morgan fingerprint density at radius 1 is 1.33 bits per heavy atom. The zero-order valence-electron chi connectivity index (χ0n) is 17.1. The summed E-state index contributed by atoms with van der Waals surface area (Å²) >= 11 is 0. The minimum atomic E-state index is -3.12. The van der Waals surface area contributed by atoms with Crippen LogP contribution in [0.2, 0.25) is 0 Å². The summed E-state index contributed by atoms with van der Waals surface area (Å²) in [6.45, 7) is 6.82. The third-order valence-electron chi connectivity index (χ3n) is 5.68. The molecule has 0 radical (unpaired) electrons. The molecule has 2 atom stereocenters. The number of carbonyl (C=O) groups excluding carboxylic acids is 1. The van der Waals surface area contributed by atoms with Gasteiger partial charge in [0.05, 0.1) is 41.7 Å². The standard InChI is InChI=1S/C22H22F2N4O2/c1-12-16(10-25)18(13(2)30-5)17(11-27-12)28-15-8-6-14(7-9-15)19-21(3,20(29)26-4)22(19,23)24/h6-9,11,19,28H,2H2,1,3-5H3,(H,26,29). The van der Waals surface area contributed by atoms with Gasteiger partial charge in [-0.2, -0.15) is 5.26 Å². The monoisotopic (exact) mass is 412 g/mol. The van der Waals surface area contributed by atoms with Crippen LogP contribution >= 0.6 is 0 Å². The highest BCUT2D eigenvalue weighted by atomic mass is 19.3. The molecule has 0 saturated heterocycles. The van der Waals surface area contributed by atoms with Crippen molar-refractivity contribution in [1.29, 1.82) is 5.26 Å². The Balaban J connectivity index is 1.91. The Morgan fingerprint density at radius 2 is 1.97 bits per heavy atom. The van der Waals surface area contributed by atoms with Gasteiger partial charge in [0.2, 0.25) is 5.91 Å². The van der Waals surface area contributed by atoms with Gasteiger partial charge in [-0.1, -0.05) is 18.7 Å². The number of carbonyl (C=O) groups is 1. The van der Waals surface area contributed by atoms with Crippen LogP contribution in [0.1, 0.15) is 35.2 Å². The number of benzene rings is 1.